The van der Waals surface area contributed by atoms with Crippen LogP contribution in [0, 0.1) is 17.2 Å². The van der Waals surface area contributed by atoms with Gasteiger partial charge in [0, 0.05) is 86.4 Å². The zero-order valence-corrected chi connectivity index (χ0v) is 39.8. The van der Waals surface area contributed by atoms with Crippen molar-refractivity contribution in [1.82, 2.24) is 30.1 Å². The minimum atomic E-state index is -3.75. The van der Waals surface area contributed by atoms with Crippen molar-refractivity contribution in [1.29, 1.82) is 0 Å². The van der Waals surface area contributed by atoms with Crippen molar-refractivity contribution < 1.29 is 32.0 Å². The summed E-state index contributed by atoms with van der Waals surface area (Å²) in [5, 5.41) is 6.46. The van der Waals surface area contributed by atoms with E-state index in [2.05, 4.69) is 25.2 Å². The molecule has 0 unspecified atom stereocenters. The normalized spacial score (nSPS) is 19.8. The van der Waals surface area contributed by atoms with Gasteiger partial charge in [0.05, 0.1) is 38.6 Å². The Hall–Kier alpha value is -5.49. The molecule has 0 aliphatic carbocycles. The van der Waals surface area contributed by atoms with Crippen LogP contribution in [-0.4, -0.2) is 108 Å². The highest BCUT2D eigenvalue weighted by atomic mass is 32.2. The van der Waals surface area contributed by atoms with E-state index < -0.39 is 21.3 Å². The monoisotopic (exact) mass is 941 g/mol. The Labute approximate surface area is 390 Å². The lowest BCUT2D eigenvalue weighted by Gasteiger charge is -2.44. The lowest BCUT2D eigenvalue weighted by atomic mass is 9.78. The molecule has 4 amide bonds. The number of imide groups is 1. The van der Waals surface area contributed by atoms with Crippen LogP contribution in [-0.2, 0) is 29.2 Å². The molecule has 4 aromatic rings. The Morgan fingerprint density at radius 3 is 2.30 bits per heavy atom. The smallest absolute Gasteiger partial charge is 0.234 e. The van der Waals surface area contributed by atoms with Gasteiger partial charge in [0.1, 0.15) is 0 Å². The second-order valence-corrected chi connectivity index (χ2v) is 21.6. The average molecular weight is 942 g/mol. The van der Waals surface area contributed by atoms with Crippen LogP contribution in [0.25, 0.3) is 21.8 Å². The molecule has 4 fully saturated rings. The average Bonchev–Trinajstić information content (AvgIpc) is 3.75. The van der Waals surface area contributed by atoms with Crippen LogP contribution >= 0.6 is 11.3 Å². The number of carbonyl (C=O) groups excluding carboxylic acids is 4. The predicted octanol–water partition coefficient (Wildman–Crippen LogP) is 7.15. The molecule has 0 saturated carbocycles. The van der Waals surface area contributed by atoms with Crippen LogP contribution in [0.2, 0.25) is 0 Å². The summed E-state index contributed by atoms with van der Waals surface area (Å²) >= 11 is 1.43. The molecule has 1 atom stereocenters. The first-order valence-electron chi connectivity index (χ1n) is 23.3. The number of anilines is 3. The number of hydrogen-bond acceptors (Lipinski definition) is 12. The number of likely N-dealkylation sites (tertiary alicyclic amines) is 2. The van der Waals surface area contributed by atoms with Gasteiger partial charge in [-0.2, -0.15) is 0 Å². The van der Waals surface area contributed by atoms with Gasteiger partial charge in [-0.1, -0.05) is 32.0 Å². The summed E-state index contributed by atoms with van der Waals surface area (Å²) in [5.41, 5.74) is 2.33. The molecule has 4 aliphatic heterocycles. The molecule has 2 aromatic heterocycles. The van der Waals surface area contributed by atoms with Crippen molar-refractivity contribution in [2.75, 3.05) is 60.0 Å². The summed E-state index contributed by atoms with van der Waals surface area (Å²) in [6, 6.07) is 14.4. The molecular weight excluding hydrogens is 882 g/mol. The van der Waals surface area contributed by atoms with E-state index in [4.69, 9.17) is 9.97 Å². The van der Waals surface area contributed by atoms with E-state index in [9.17, 15) is 27.6 Å². The Kier molecular flexibility index (Phi) is 14.1. The number of sulfonamides is 1. The first-order chi connectivity index (χ1) is 31.6. The standard InChI is InChI=1S/C48H60FN9O6S2/c1-5-29-66(63,64)55-37-8-6-7-36(40(37)49)41-42(38-15-22-50-47(52-38)51-30(2)3)65-44(54-41)32-16-25-58(26-17-32)46(62)48(4)20-27-57(28-21-48)45(61)33-18-23-56(24-19-33)34-11-9-31(10-12-34)35-13-14-39(59)53-43(35)60/h6-12,15,22,30,32-33,35,55H,5,13-14,16-21,23-29H2,1-4H3,(H,50,51,52)(H,53,59,60)/t35-/m1/s1. The van der Waals surface area contributed by atoms with Crippen molar-refractivity contribution in [2.45, 2.75) is 103 Å². The van der Waals surface area contributed by atoms with E-state index in [1.165, 1.54) is 17.4 Å². The SMILES string of the molecule is CCCS(=O)(=O)Nc1cccc(-c2nc(C3CCN(C(=O)C4(C)CCN(C(=O)C5CCN(c6ccc([C@H]7CCC(=O)NC7=O)cc6)CC5)CC4)CC3)sc2-c2ccnc(NC(C)C)n2)c1F. The minimum absolute atomic E-state index is 0.00633. The van der Waals surface area contributed by atoms with Gasteiger partial charge >= 0.3 is 0 Å². The second-order valence-electron chi connectivity index (χ2n) is 18.7. The molecule has 8 rings (SSSR count). The summed E-state index contributed by atoms with van der Waals surface area (Å²) in [5.74, 6) is -0.994. The van der Waals surface area contributed by atoms with Crippen molar-refractivity contribution in [3.63, 3.8) is 0 Å². The zero-order chi connectivity index (χ0) is 46.8. The number of aromatic nitrogens is 3. The molecule has 66 heavy (non-hydrogen) atoms. The third-order valence-electron chi connectivity index (χ3n) is 13.5. The molecule has 4 saturated heterocycles. The lowest BCUT2D eigenvalue weighted by molar-refractivity contribution is -0.149. The van der Waals surface area contributed by atoms with Crippen LogP contribution in [0.5, 0.6) is 0 Å². The van der Waals surface area contributed by atoms with Crippen LogP contribution < -0.4 is 20.3 Å². The maximum atomic E-state index is 16.3. The van der Waals surface area contributed by atoms with Gasteiger partial charge in [-0.05, 0) is 101 Å². The Bertz CT molecular complexity index is 2550. The zero-order valence-electron chi connectivity index (χ0n) is 38.1. The molecule has 0 radical (unpaired) electrons. The van der Waals surface area contributed by atoms with E-state index in [1.54, 1.807) is 31.3 Å². The topological polar surface area (TPSA) is 187 Å². The van der Waals surface area contributed by atoms with Crippen molar-refractivity contribution >= 4 is 62.3 Å². The Morgan fingerprint density at radius 2 is 1.64 bits per heavy atom. The molecule has 2 aromatic carbocycles. The molecule has 0 spiro atoms. The third kappa shape index (κ3) is 10.4. The maximum Gasteiger partial charge on any atom is 0.234 e. The first-order valence-corrected chi connectivity index (χ1v) is 25.7. The van der Waals surface area contributed by atoms with E-state index >= 15 is 4.39 Å². The number of amides is 4. The summed E-state index contributed by atoms with van der Waals surface area (Å²) < 4.78 is 44.0. The molecule has 352 valence electrons. The number of halogens is 1. The summed E-state index contributed by atoms with van der Waals surface area (Å²) in [4.78, 5) is 72.9. The quantitative estimate of drug-likeness (QED) is 0.116. The molecular formula is C48H60FN9O6S2. The van der Waals surface area contributed by atoms with Crippen molar-refractivity contribution in [3.8, 4) is 21.8 Å². The molecule has 0 bridgehead atoms. The van der Waals surface area contributed by atoms with Crippen LogP contribution in [0.15, 0.2) is 54.7 Å². The highest BCUT2D eigenvalue weighted by molar-refractivity contribution is 7.92. The Balaban J connectivity index is 0.878. The predicted molar refractivity (Wildman–Crippen MR) is 254 cm³/mol. The van der Waals surface area contributed by atoms with Crippen LogP contribution in [0.4, 0.5) is 21.7 Å². The Morgan fingerprint density at radius 1 is 0.924 bits per heavy atom. The number of carbonyl (C=O) groups is 4. The van der Waals surface area contributed by atoms with Gasteiger partial charge < -0.3 is 20.0 Å². The fraction of sp³-hybridized carbons (Fsp3) is 0.521. The number of rotatable bonds is 13. The highest BCUT2D eigenvalue weighted by Gasteiger charge is 2.43. The van der Waals surface area contributed by atoms with Crippen LogP contribution in [0.3, 0.4) is 0 Å². The summed E-state index contributed by atoms with van der Waals surface area (Å²) in [6.07, 6.45) is 6.92. The molecule has 4 aliphatic rings. The van der Waals surface area contributed by atoms with Gasteiger partial charge in [-0.3, -0.25) is 29.2 Å². The van der Waals surface area contributed by atoms with E-state index in [1.807, 2.05) is 54.8 Å². The van der Waals surface area contributed by atoms with Crippen LogP contribution in [0.1, 0.15) is 108 Å². The number of nitrogens with zero attached hydrogens (tertiary/aromatic N) is 6. The molecule has 6 heterocycles. The minimum Gasteiger partial charge on any atom is -0.371 e. The van der Waals surface area contributed by atoms with Crippen molar-refractivity contribution in [2.24, 2.45) is 11.3 Å². The highest BCUT2D eigenvalue weighted by Crippen LogP contribution is 2.44. The van der Waals surface area contributed by atoms with E-state index in [0.717, 1.165) is 42.2 Å². The van der Waals surface area contributed by atoms with Gasteiger partial charge in [-0.25, -0.2) is 27.8 Å². The largest absolute Gasteiger partial charge is 0.371 e. The van der Waals surface area contributed by atoms with Crippen molar-refractivity contribution in [3.05, 3.63) is 71.1 Å². The fourth-order valence-electron chi connectivity index (χ4n) is 9.68. The molecule has 18 heteroatoms. The number of thiazole rings is 1. The number of piperidine rings is 4. The lowest BCUT2D eigenvalue weighted by Crippen LogP contribution is -2.52. The first kappa shape index (κ1) is 47.0. The van der Waals surface area contributed by atoms with Gasteiger partial charge in [0.15, 0.2) is 5.82 Å². The second kappa shape index (κ2) is 19.8. The maximum absolute atomic E-state index is 16.3. The van der Waals surface area contributed by atoms with E-state index in [0.29, 0.717) is 93.3 Å². The summed E-state index contributed by atoms with van der Waals surface area (Å²) in [7, 11) is -3.75. The van der Waals surface area contributed by atoms with Gasteiger partial charge in [0.2, 0.25) is 39.6 Å². The molecule has 3 N–H and O–H groups in total. The number of nitrogens with one attached hydrogen (secondary N) is 3. The van der Waals surface area contributed by atoms with Gasteiger partial charge in [-0.15, -0.1) is 11.3 Å². The summed E-state index contributed by atoms with van der Waals surface area (Å²) in [6.45, 7) is 11.4. The van der Waals surface area contributed by atoms with Gasteiger partial charge in [0.25, 0.3) is 0 Å². The number of hydrogen-bond donors (Lipinski definition) is 3. The number of benzene rings is 2. The third-order valence-corrected chi connectivity index (χ3v) is 16.2. The van der Waals surface area contributed by atoms with E-state index in [-0.39, 0.29) is 64.4 Å². The fourth-order valence-corrected chi connectivity index (χ4v) is 12.0. The molecule has 15 nitrogen and oxygen atoms in total.